The zero-order valence-corrected chi connectivity index (χ0v) is 11.6. The zero-order chi connectivity index (χ0) is 13.3. The van der Waals surface area contributed by atoms with Crippen LogP contribution in [0.15, 0.2) is 24.3 Å². The van der Waals surface area contributed by atoms with Gasteiger partial charge in [-0.2, -0.15) is 5.10 Å². The van der Waals surface area contributed by atoms with Crippen LogP contribution in [0.5, 0.6) is 0 Å². The lowest BCUT2D eigenvalue weighted by Crippen LogP contribution is -2.08. The number of benzene rings is 1. The summed E-state index contributed by atoms with van der Waals surface area (Å²) >= 11 is 0. The first kappa shape index (κ1) is 12.8. The first-order valence-electron chi connectivity index (χ1n) is 6.43. The Morgan fingerprint density at radius 2 is 1.78 bits per heavy atom. The molecule has 0 fully saturated rings. The van der Waals surface area contributed by atoms with Crippen molar-refractivity contribution < 1.29 is 0 Å². The first-order valence-corrected chi connectivity index (χ1v) is 6.43. The maximum atomic E-state index is 6.02. The molecule has 0 amide bonds. The Bertz CT molecular complexity index is 538. The van der Waals surface area contributed by atoms with Gasteiger partial charge in [-0.15, -0.1) is 0 Å². The summed E-state index contributed by atoms with van der Waals surface area (Å²) in [6.45, 7) is 8.35. The molecule has 0 spiro atoms. The van der Waals surface area contributed by atoms with Crippen LogP contribution in [0.4, 0.5) is 0 Å². The molecule has 0 aliphatic rings. The lowest BCUT2D eigenvalue weighted by Gasteiger charge is -2.10. The summed E-state index contributed by atoms with van der Waals surface area (Å²) in [5, 5.41) is 4.56. The molecule has 3 nitrogen and oxygen atoms in total. The number of nitrogens with two attached hydrogens (primary N) is 1. The molecule has 1 aromatic carbocycles. The van der Waals surface area contributed by atoms with Gasteiger partial charge in [-0.3, -0.25) is 0 Å². The van der Waals surface area contributed by atoms with E-state index in [0.717, 1.165) is 17.8 Å². The van der Waals surface area contributed by atoms with Gasteiger partial charge in [0.2, 0.25) is 0 Å². The molecule has 0 bridgehead atoms. The topological polar surface area (TPSA) is 43.8 Å². The van der Waals surface area contributed by atoms with Gasteiger partial charge < -0.3 is 5.73 Å². The van der Waals surface area contributed by atoms with Crippen molar-refractivity contribution in [2.45, 2.75) is 40.2 Å². The van der Waals surface area contributed by atoms with Gasteiger partial charge in [0.25, 0.3) is 0 Å². The van der Waals surface area contributed by atoms with Gasteiger partial charge >= 0.3 is 0 Å². The van der Waals surface area contributed by atoms with E-state index in [1.807, 2.05) is 11.6 Å². The van der Waals surface area contributed by atoms with Crippen molar-refractivity contribution in [3.8, 4) is 5.69 Å². The largest absolute Gasteiger partial charge is 0.324 e. The van der Waals surface area contributed by atoms with Crippen molar-refractivity contribution >= 4 is 0 Å². The van der Waals surface area contributed by atoms with E-state index >= 15 is 0 Å². The van der Waals surface area contributed by atoms with Gasteiger partial charge in [-0.1, -0.05) is 19.1 Å². The third-order valence-corrected chi connectivity index (χ3v) is 3.66. The number of aryl methyl sites for hydroxylation is 1. The normalized spacial score (nSPS) is 12.7. The van der Waals surface area contributed by atoms with Crippen LogP contribution in [0, 0.1) is 20.8 Å². The highest BCUT2D eigenvalue weighted by molar-refractivity contribution is 5.38. The van der Waals surface area contributed by atoms with Gasteiger partial charge in [0.05, 0.1) is 11.4 Å². The number of rotatable bonds is 3. The minimum Gasteiger partial charge on any atom is -0.324 e. The average molecular weight is 243 g/mol. The summed E-state index contributed by atoms with van der Waals surface area (Å²) in [6, 6.07) is 8.49. The summed E-state index contributed by atoms with van der Waals surface area (Å²) in [4.78, 5) is 0. The Kier molecular flexibility index (Phi) is 3.53. The van der Waals surface area contributed by atoms with Gasteiger partial charge in [0.1, 0.15) is 0 Å². The van der Waals surface area contributed by atoms with Crippen molar-refractivity contribution in [1.82, 2.24) is 9.78 Å². The van der Waals surface area contributed by atoms with Crippen molar-refractivity contribution in [2.24, 2.45) is 5.73 Å². The van der Waals surface area contributed by atoms with Crippen LogP contribution in [0.1, 0.15) is 41.9 Å². The molecule has 0 aliphatic carbocycles. The maximum Gasteiger partial charge on any atom is 0.0649 e. The quantitative estimate of drug-likeness (QED) is 0.899. The van der Waals surface area contributed by atoms with Crippen molar-refractivity contribution in [2.75, 3.05) is 0 Å². The number of hydrogen-bond acceptors (Lipinski definition) is 2. The summed E-state index contributed by atoms with van der Waals surface area (Å²) < 4.78 is 1.99. The minimum atomic E-state index is 0.126. The highest BCUT2D eigenvalue weighted by atomic mass is 15.3. The summed E-state index contributed by atoms with van der Waals surface area (Å²) in [5.41, 5.74) is 11.8. The van der Waals surface area contributed by atoms with Gasteiger partial charge in [0, 0.05) is 11.7 Å². The Morgan fingerprint density at radius 1 is 1.17 bits per heavy atom. The van der Waals surface area contributed by atoms with E-state index in [-0.39, 0.29) is 6.04 Å². The van der Waals surface area contributed by atoms with Gasteiger partial charge in [-0.05, 0) is 50.5 Å². The van der Waals surface area contributed by atoms with E-state index in [2.05, 4.69) is 50.1 Å². The second-order valence-corrected chi connectivity index (χ2v) is 4.81. The van der Waals surface area contributed by atoms with Crippen LogP contribution in [-0.2, 0) is 0 Å². The van der Waals surface area contributed by atoms with Crippen LogP contribution in [-0.4, -0.2) is 9.78 Å². The average Bonchev–Trinajstić information content (AvgIpc) is 2.66. The number of nitrogens with zero attached hydrogens (tertiary/aromatic N) is 2. The molecule has 1 atom stereocenters. The molecule has 0 saturated heterocycles. The molecule has 0 unspecified atom stereocenters. The van der Waals surface area contributed by atoms with Crippen LogP contribution in [0.2, 0.25) is 0 Å². The Morgan fingerprint density at radius 3 is 2.22 bits per heavy atom. The van der Waals surface area contributed by atoms with E-state index < -0.39 is 0 Å². The van der Waals surface area contributed by atoms with Crippen LogP contribution < -0.4 is 5.73 Å². The smallest absolute Gasteiger partial charge is 0.0649 e. The lowest BCUT2D eigenvalue weighted by atomic mass is 10.1. The fraction of sp³-hybridized carbons (Fsp3) is 0.400. The van der Waals surface area contributed by atoms with Crippen LogP contribution >= 0.6 is 0 Å². The number of hydrogen-bond donors (Lipinski definition) is 1. The molecule has 2 aromatic rings. The molecule has 3 heteroatoms. The Balaban J connectivity index is 2.37. The Hall–Kier alpha value is -1.61. The molecule has 2 rings (SSSR count). The van der Waals surface area contributed by atoms with E-state index in [4.69, 9.17) is 5.73 Å². The monoisotopic (exact) mass is 243 g/mol. The van der Waals surface area contributed by atoms with Crippen molar-refractivity contribution in [3.05, 3.63) is 46.8 Å². The highest BCUT2D eigenvalue weighted by Gasteiger charge is 2.09. The minimum absolute atomic E-state index is 0.126. The highest BCUT2D eigenvalue weighted by Crippen LogP contribution is 2.19. The molecular weight excluding hydrogens is 222 g/mol. The van der Waals surface area contributed by atoms with E-state index in [1.54, 1.807) is 0 Å². The molecule has 0 radical (unpaired) electrons. The fourth-order valence-electron chi connectivity index (χ4n) is 2.07. The summed E-state index contributed by atoms with van der Waals surface area (Å²) in [6.07, 6.45) is 0.957. The molecule has 96 valence electrons. The third-order valence-electron chi connectivity index (χ3n) is 3.66. The molecule has 0 saturated carbocycles. The molecule has 18 heavy (non-hydrogen) atoms. The number of aromatic nitrogens is 2. The van der Waals surface area contributed by atoms with Crippen molar-refractivity contribution in [3.63, 3.8) is 0 Å². The van der Waals surface area contributed by atoms with Crippen LogP contribution in [0.3, 0.4) is 0 Å². The van der Waals surface area contributed by atoms with E-state index in [0.29, 0.717) is 0 Å². The molecule has 1 heterocycles. The lowest BCUT2D eigenvalue weighted by molar-refractivity contribution is 0.698. The first-order chi connectivity index (χ1) is 8.54. The molecule has 1 aromatic heterocycles. The summed E-state index contributed by atoms with van der Waals surface area (Å²) in [5.74, 6) is 0. The molecule has 0 aliphatic heterocycles. The van der Waals surface area contributed by atoms with Crippen LogP contribution in [0.25, 0.3) is 5.69 Å². The van der Waals surface area contributed by atoms with E-state index in [1.165, 1.54) is 16.8 Å². The Labute approximate surface area is 109 Å². The fourth-order valence-corrected chi connectivity index (χ4v) is 2.07. The predicted octanol–water partition coefficient (Wildman–Crippen LogP) is 3.21. The van der Waals surface area contributed by atoms with E-state index in [9.17, 15) is 0 Å². The zero-order valence-electron chi connectivity index (χ0n) is 11.6. The summed E-state index contributed by atoms with van der Waals surface area (Å²) in [7, 11) is 0. The molecule has 2 N–H and O–H groups in total. The maximum absolute atomic E-state index is 6.02. The second-order valence-electron chi connectivity index (χ2n) is 4.81. The standard InChI is InChI=1S/C15H21N3/c1-5-15(16)13-6-8-14(9-7-13)18-12(4)10(2)11(3)17-18/h6-9,15H,5,16H2,1-4H3/t15-/m0/s1. The van der Waals surface area contributed by atoms with Gasteiger partial charge in [-0.25, -0.2) is 4.68 Å². The second kappa shape index (κ2) is 4.94. The third kappa shape index (κ3) is 2.18. The predicted molar refractivity (Wildman–Crippen MR) is 75.0 cm³/mol. The SMILES string of the molecule is CC[C@H](N)c1ccc(-n2nc(C)c(C)c2C)cc1. The van der Waals surface area contributed by atoms with Crippen molar-refractivity contribution in [1.29, 1.82) is 0 Å². The van der Waals surface area contributed by atoms with Gasteiger partial charge in [0.15, 0.2) is 0 Å². The molecular formula is C15H21N3.